The number of halogens is 1. The minimum Gasteiger partial charge on any atom is -0.328 e. The highest BCUT2D eigenvalue weighted by atomic mass is 79.9. The summed E-state index contributed by atoms with van der Waals surface area (Å²) in [4.78, 5) is 13.0. The molecule has 0 radical (unpaired) electrons. The maximum absolute atomic E-state index is 10.5. The van der Waals surface area contributed by atoms with E-state index in [0.29, 0.717) is 4.47 Å². The van der Waals surface area contributed by atoms with Crippen LogP contribution in [0, 0.1) is 0 Å². The summed E-state index contributed by atoms with van der Waals surface area (Å²) in [6.45, 7) is 0. The first-order valence-corrected chi connectivity index (χ1v) is 4.93. The van der Waals surface area contributed by atoms with E-state index in [-0.39, 0.29) is 5.56 Å². The van der Waals surface area contributed by atoms with Crippen LogP contribution in [0.4, 0.5) is 0 Å². The van der Waals surface area contributed by atoms with Gasteiger partial charge in [0.25, 0.3) is 5.56 Å². The van der Waals surface area contributed by atoms with Crippen molar-refractivity contribution in [3.05, 3.63) is 33.2 Å². The predicted octanol–water partition coefficient (Wildman–Crippen LogP) is 2.70. The van der Waals surface area contributed by atoms with Crippen LogP contribution in [0.2, 0.25) is 0 Å². The Hall–Kier alpha value is -0.570. The Morgan fingerprint density at radius 2 is 1.83 bits per heavy atom. The normalized spacial score (nSPS) is 14.1. The Morgan fingerprint density at radius 1 is 1.25 bits per heavy atom. The van der Waals surface area contributed by atoms with Gasteiger partial charge < -0.3 is 4.98 Å². The number of aromatic nitrogens is 1. The molecular formula is C9H12BrNO. The third kappa shape index (κ3) is 3.22. The van der Waals surface area contributed by atoms with Gasteiger partial charge in [0.1, 0.15) is 0 Å². The largest absolute Gasteiger partial charge is 0.328 e. The highest BCUT2D eigenvalue weighted by molar-refractivity contribution is 9.10. The van der Waals surface area contributed by atoms with Gasteiger partial charge in [-0.3, -0.25) is 4.79 Å². The standard InChI is InChI=1S/C5H4BrNO.C4H8/c6-4-2-1-3-7-5(4)8;1-2-4-3-1/h1-3H,(H,7,8);1-4H2. The van der Waals surface area contributed by atoms with Crippen LogP contribution in [0.3, 0.4) is 0 Å². The summed E-state index contributed by atoms with van der Waals surface area (Å²) in [6.07, 6.45) is 7.59. The van der Waals surface area contributed by atoms with Gasteiger partial charge in [0.15, 0.2) is 0 Å². The zero-order valence-electron chi connectivity index (χ0n) is 6.85. The molecule has 1 heterocycles. The van der Waals surface area contributed by atoms with E-state index in [1.54, 1.807) is 18.3 Å². The number of rotatable bonds is 0. The lowest BCUT2D eigenvalue weighted by Gasteiger charge is -2.05. The Labute approximate surface area is 80.1 Å². The molecule has 1 aliphatic carbocycles. The van der Waals surface area contributed by atoms with Crippen LogP contribution in [-0.2, 0) is 0 Å². The summed E-state index contributed by atoms with van der Waals surface area (Å²) in [5, 5.41) is 0. The molecule has 0 spiro atoms. The Balaban J connectivity index is 0.000000150. The third-order valence-electron chi connectivity index (χ3n) is 1.77. The molecule has 1 saturated carbocycles. The van der Waals surface area contributed by atoms with E-state index < -0.39 is 0 Å². The number of hydrogen-bond donors (Lipinski definition) is 1. The van der Waals surface area contributed by atoms with Crippen molar-refractivity contribution >= 4 is 15.9 Å². The average molecular weight is 230 g/mol. The van der Waals surface area contributed by atoms with Gasteiger partial charge in [-0.25, -0.2) is 0 Å². The van der Waals surface area contributed by atoms with E-state index in [9.17, 15) is 4.79 Å². The molecule has 1 aromatic heterocycles. The van der Waals surface area contributed by atoms with Crippen molar-refractivity contribution in [2.45, 2.75) is 25.7 Å². The minimum absolute atomic E-state index is 0.0903. The lowest BCUT2D eigenvalue weighted by atomic mass is 10.0. The van der Waals surface area contributed by atoms with Crippen LogP contribution in [0.25, 0.3) is 0 Å². The number of pyridine rings is 1. The molecule has 12 heavy (non-hydrogen) atoms. The second kappa shape index (κ2) is 5.14. The molecular weight excluding hydrogens is 218 g/mol. The molecule has 0 unspecified atom stereocenters. The second-order valence-electron chi connectivity index (χ2n) is 2.76. The Bertz CT molecular complexity index is 274. The SMILES string of the molecule is C1CCC1.O=c1[nH]cccc1Br. The summed E-state index contributed by atoms with van der Waals surface area (Å²) in [6, 6.07) is 3.45. The van der Waals surface area contributed by atoms with Crippen LogP contribution >= 0.6 is 15.9 Å². The maximum Gasteiger partial charge on any atom is 0.262 e. The Kier molecular flexibility index (Phi) is 4.08. The molecule has 0 aliphatic heterocycles. The van der Waals surface area contributed by atoms with E-state index in [0.717, 1.165) is 0 Å². The van der Waals surface area contributed by atoms with Crippen molar-refractivity contribution in [3.63, 3.8) is 0 Å². The van der Waals surface area contributed by atoms with Gasteiger partial charge in [0.05, 0.1) is 4.47 Å². The second-order valence-corrected chi connectivity index (χ2v) is 3.62. The quantitative estimate of drug-likeness (QED) is 0.730. The van der Waals surface area contributed by atoms with Gasteiger partial charge in [-0.05, 0) is 28.1 Å². The Morgan fingerprint density at radius 3 is 2.08 bits per heavy atom. The van der Waals surface area contributed by atoms with Crippen LogP contribution < -0.4 is 5.56 Å². The smallest absolute Gasteiger partial charge is 0.262 e. The first-order valence-electron chi connectivity index (χ1n) is 4.14. The highest BCUT2D eigenvalue weighted by Crippen LogP contribution is 2.15. The molecule has 1 aromatic rings. The van der Waals surface area contributed by atoms with E-state index in [4.69, 9.17) is 0 Å². The monoisotopic (exact) mass is 229 g/mol. The first-order chi connectivity index (χ1) is 5.80. The molecule has 2 rings (SSSR count). The van der Waals surface area contributed by atoms with Gasteiger partial charge in [-0.1, -0.05) is 25.7 Å². The lowest BCUT2D eigenvalue weighted by molar-refractivity contribution is 0.504. The van der Waals surface area contributed by atoms with E-state index in [1.807, 2.05) is 0 Å². The van der Waals surface area contributed by atoms with Crippen LogP contribution in [-0.4, -0.2) is 4.98 Å². The molecule has 0 amide bonds. The zero-order valence-corrected chi connectivity index (χ0v) is 8.43. The molecule has 2 nitrogen and oxygen atoms in total. The zero-order chi connectivity index (χ0) is 8.81. The molecule has 1 aliphatic rings. The number of hydrogen-bond acceptors (Lipinski definition) is 1. The van der Waals surface area contributed by atoms with Crippen molar-refractivity contribution in [2.75, 3.05) is 0 Å². The van der Waals surface area contributed by atoms with Crippen LogP contribution in [0.1, 0.15) is 25.7 Å². The third-order valence-corrected chi connectivity index (χ3v) is 2.39. The predicted molar refractivity (Wildman–Crippen MR) is 53.2 cm³/mol. The van der Waals surface area contributed by atoms with Crippen LogP contribution in [0.15, 0.2) is 27.6 Å². The molecule has 0 saturated heterocycles. The van der Waals surface area contributed by atoms with Crippen molar-refractivity contribution in [2.24, 2.45) is 0 Å². The molecule has 1 N–H and O–H groups in total. The summed E-state index contributed by atoms with van der Waals surface area (Å²) in [5.74, 6) is 0. The lowest BCUT2D eigenvalue weighted by Crippen LogP contribution is -2.02. The van der Waals surface area contributed by atoms with Crippen molar-refractivity contribution in [1.29, 1.82) is 0 Å². The van der Waals surface area contributed by atoms with E-state index >= 15 is 0 Å². The number of H-pyrrole nitrogens is 1. The molecule has 0 bridgehead atoms. The summed E-state index contributed by atoms with van der Waals surface area (Å²) in [7, 11) is 0. The highest BCUT2D eigenvalue weighted by Gasteiger charge is 1.95. The fourth-order valence-corrected chi connectivity index (χ4v) is 0.918. The average Bonchev–Trinajstić information content (AvgIpc) is 1.92. The fraction of sp³-hybridized carbons (Fsp3) is 0.444. The minimum atomic E-state index is -0.0903. The van der Waals surface area contributed by atoms with Gasteiger partial charge >= 0.3 is 0 Å². The first kappa shape index (κ1) is 9.52. The van der Waals surface area contributed by atoms with Crippen molar-refractivity contribution in [3.8, 4) is 0 Å². The van der Waals surface area contributed by atoms with E-state index in [1.165, 1.54) is 25.7 Å². The molecule has 66 valence electrons. The van der Waals surface area contributed by atoms with Crippen LogP contribution in [0.5, 0.6) is 0 Å². The van der Waals surface area contributed by atoms with Gasteiger partial charge in [0.2, 0.25) is 0 Å². The van der Waals surface area contributed by atoms with Gasteiger partial charge in [0, 0.05) is 6.20 Å². The van der Waals surface area contributed by atoms with Crippen molar-refractivity contribution in [1.82, 2.24) is 4.98 Å². The van der Waals surface area contributed by atoms with Crippen molar-refractivity contribution < 1.29 is 0 Å². The molecule has 1 fully saturated rings. The maximum atomic E-state index is 10.5. The topological polar surface area (TPSA) is 32.9 Å². The summed E-state index contributed by atoms with van der Waals surface area (Å²) in [5.41, 5.74) is -0.0903. The van der Waals surface area contributed by atoms with Gasteiger partial charge in [-0.2, -0.15) is 0 Å². The molecule has 0 atom stereocenters. The van der Waals surface area contributed by atoms with E-state index in [2.05, 4.69) is 20.9 Å². The molecule has 0 aromatic carbocycles. The number of nitrogens with one attached hydrogen (secondary N) is 1. The fourth-order valence-electron chi connectivity index (χ4n) is 0.651. The molecule has 3 heteroatoms. The van der Waals surface area contributed by atoms with Gasteiger partial charge in [-0.15, -0.1) is 0 Å². The number of aromatic amines is 1. The summed E-state index contributed by atoms with van der Waals surface area (Å²) >= 11 is 3.05. The summed E-state index contributed by atoms with van der Waals surface area (Å²) < 4.78 is 0.569.